The van der Waals surface area contributed by atoms with E-state index >= 15 is 0 Å². The monoisotopic (exact) mass is 528 g/mol. The predicted octanol–water partition coefficient (Wildman–Crippen LogP) is 3.52. The molecule has 8 nitrogen and oxygen atoms in total. The van der Waals surface area contributed by atoms with Gasteiger partial charge in [0.05, 0.1) is 19.8 Å². The van der Waals surface area contributed by atoms with E-state index in [-0.39, 0.29) is 12.2 Å². The van der Waals surface area contributed by atoms with Crippen LogP contribution in [0.5, 0.6) is 11.5 Å². The molecule has 0 radical (unpaired) electrons. The van der Waals surface area contributed by atoms with E-state index in [2.05, 4.69) is 23.6 Å². The van der Waals surface area contributed by atoms with E-state index in [4.69, 9.17) is 20.0 Å². The summed E-state index contributed by atoms with van der Waals surface area (Å²) in [5.41, 5.74) is 16.3. The molecule has 3 aromatic carbocycles. The largest absolute Gasteiger partial charge is 0.457 e. The number of hydrogen-bond donors (Lipinski definition) is 3. The van der Waals surface area contributed by atoms with Crippen molar-refractivity contribution < 1.29 is 23.5 Å². The Morgan fingerprint density at radius 1 is 0.868 bits per heavy atom. The standard InChI is InChI=1S/C21H19FO2.C6H14N2O.CH3NO.CH5N/c22-19-8-12-21(13-9-19)24-20-10-6-17(7-11-20)14-15-23-16-18-4-2-1-3-5-18;1-2-8(4-3-7)5-6-9;2-1-3;1-2/h1-13H,14-16H2;6H,2-5,7H2,1H3;1H,(H2,2,3);2H2,1H3. The van der Waals surface area contributed by atoms with Gasteiger partial charge in [0.2, 0.25) is 6.41 Å². The predicted molar refractivity (Wildman–Crippen MR) is 150 cm³/mol. The van der Waals surface area contributed by atoms with Crippen LogP contribution in [0, 0.1) is 5.82 Å². The van der Waals surface area contributed by atoms with Gasteiger partial charge in [-0.15, -0.1) is 0 Å². The van der Waals surface area contributed by atoms with Gasteiger partial charge >= 0.3 is 0 Å². The third-order valence-electron chi connectivity index (χ3n) is 4.84. The second kappa shape index (κ2) is 23.7. The SMILES string of the molecule is CCN(CC=O)CCN.CN.Fc1ccc(Oc2ccc(CCOCc3ccccc3)cc2)cc1.NC=O. The van der Waals surface area contributed by atoms with E-state index in [9.17, 15) is 9.18 Å². The highest BCUT2D eigenvalue weighted by molar-refractivity contribution is 5.51. The Kier molecular flexibility index (Phi) is 21.5. The molecule has 0 aliphatic heterocycles. The summed E-state index contributed by atoms with van der Waals surface area (Å²) in [5.74, 6) is 1.08. The summed E-state index contributed by atoms with van der Waals surface area (Å²) in [6.45, 7) is 6.17. The Hall–Kier alpha value is -3.63. The zero-order valence-corrected chi connectivity index (χ0v) is 22.3. The van der Waals surface area contributed by atoms with E-state index in [1.165, 1.54) is 30.3 Å². The Labute approximate surface area is 225 Å². The molecule has 0 heterocycles. The van der Waals surface area contributed by atoms with E-state index < -0.39 is 0 Å². The van der Waals surface area contributed by atoms with Crippen molar-refractivity contribution in [1.82, 2.24) is 4.90 Å². The number of nitrogens with zero attached hydrogens (tertiary/aromatic N) is 1. The quantitative estimate of drug-likeness (QED) is 0.242. The highest BCUT2D eigenvalue weighted by atomic mass is 19.1. The number of halogens is 1. The molecule has 0 atom stereocenters. The van der Waals surface area contributed by atoms with Gasteiger partial charge in [0.15, 0.2) is 0 Å². The van der Waals surface area contributed by atoms with Crippen molar-refractivity contribution >= 4 is 12.7 Å². The molecule has 0 bridgehead atoms. The van der Waals surface area contributed by atoms with E-state index in [1.54, 1.807) is 12.1 Å². The molecule has 3 rings (SSSR count). The minimum Gasteiger partial charge on any atom is -0.457 e. The minimum atomic E-state index is -0.270. The lowest BCUT2D eigenvalue weighted by molar-refractivity contribution is -0.109. The van der Waals surface area contributed by atoms with Crippen molar-refractivity contribution in [2.24, 2.45) is 17.2 Å². The van der Waals surface area contributed by atoms with Crippen LogP contribution in [-0.2, 0) is 27.4 Å². The average Bonchev–Trinajstić information content (AvgIpc) is 2.95. The number of likely N-dealkylation sites (N-methyl/N-ethyl adjacent to an activating group) is 1. The van der Waals surface area contributed by atoms with Gasteiger partial charge in [0, 0.05) is 13.1 Å². The average molecular weight is 529 g/mol. The number of benzene rings is 3. The fraction of sp³-hybridized carbons (Fsp3) is 0.310. The second-order valence-corrected chi connectivity index (χ2v) is 7.47. The van der Waals surface area contributed by atoms with Crippen LogP contribution in [0.4, 0.5) is 4.39 Å². The molecular weight excluding hydrogens is 487 g/mol. The van der Waals surface area contributed by atoms with E-state index in [0.29, 0.717) is 32.1 Å². The van der Waals surface area contributed by atoms with Crippen LogP contribution in [0.15, 0.2) is 78.9 Å². The maximum atomic E-state index is 12.9. The number of carbonyl (C=O) groups excluding carboxylic acids is 2. The Morgan fingerprint density at radius 3 is 1.92 bits per heavy atom. The molecule has 3 aromatic rings. The van der Waals surface area contributed by atoms with Crippen LogP contribution in [0.3, 0.4) is 0 Å². The van der Waals surface area contributed by atoms with E-state index in [1.807, 2.05) is 54.3 Å². The number of amides is 1. The van der Waals surface area contributed by atoms with Gasteiger partial charge in [-0.25, -0.2) is 4.39 Å². The molecule has 208 valence electrons. The van der Waals surface area contributed by atoms with Crippen LogP contribution < -0.4 is 21.9 Å². The fourth-order valence-electron chi connectivity index (χ4n) is 2.98. The Bertz CT molecular complexity index is 959. The normalized spacial score (nSPS) is 9.53. The number of hydrogen-bond acceptors (Lipinski definition) is 7. The van der Waals surface area contributed by atoms with Crippen molar-refractivity contribution in [3.05, 3.63) is 95.8 Å². The maximum Gasteiger partial charge on any atom is 0.204 e. The molecular formula is C29H41FN4O4. The molecule has 0 aromatic heterocycles. The van der Waals surface area contributed by atoms with Crippen LogP contribution >= 0.6 is 0 Å². The molecule has 0 saturated heterocycles. The third-order valence-corrected chi connectivity index (χ3v) is 4.84. The van der Waals surface area contributed by atoms with Gasteiger partial charge in [-0.3, -0.25) is 9.69 Å². The third kappa shape index (κ3) is 16.9. The smallest absolute Gasteiger partial charge is 0.204 e. The Morgan fingerprint density at radius 2 is 1.42 bits per heavy atom. The lowest BCUT2D eigenvalue weighted by Gasteiger charge is -2.14. The molecule has 0 aliphatic carbocycles. The molecule has 9 heteroatoms. The molecule has 0 aliphatic rings. The molecule has 1 amide bonds. The van der Waals surface area contributed by atoms with Crippen LogP contribution in [0.25, 0.3) is 0 Å². The van der Waals surface area contributed by atoms with Crippen LogP contribution in [-0.4, -0.2) is 57.4 Å². The highest BCUT2D eigenvalue weighted by Crippen LogP contribution is 2.22. The first kappa shape index (κ1) is 34.4. The summed E-state index contributed by atoms with van der Waals surface area (Å²) in [6, 6.07) is 24.0. The van der Waals surface area contributed by atoms with Gasteiger partial charge in [-0.2, -0.15) is 0 Å². The summed E-state index contributed by atoms with van der Waals surface area (Å²) >= 11 is 0. The number of nitrogens with two attached hydrogens (primary N) is 3. The minimum absolute atomic E-state index is 0.250. The second-order valence-electron chi connectivity index (χ2n) is 7.47. The van der Waals surface area contributed by atoms with Gasteiger partial charge in [-0.1, -0.05) is 49.4 Å². The summed E-state index contributed by atoms with van der Waals surface area (Å²) in [5, 5.41) is 0. The lowest BCUT2D eigenvalue weighted by Crippen LogP contribution is -2.30. The first-order valence-electron chi connectivity index (χ1n) is 12.3. The van der Waals surface area contributed by atoms with Crippen LogP contribution in [0.2, 0.25) is 0 Å². The molecule has 38 heavy (non-hydrogen) atoms. The number of primary amides is 1. The number of rotatable bonds is 12. The van der Waals surface area contributed by atoms with Crippen molar-refractivity contribution in [2.75, 3.05) is 39.8 Å². The van der Waals surface area contributed by atoms with Crippen molar-refractivity contribution in [3.63, 3.8) is 0 Å². The molecule has 0 fully saturated rings. The number of carbonyl (C=O) groups is 2. The highest BCUT2D eigenvalue weighted by Gasteiger charge is 2.00. The first-order valence-corrected chi connectivity index (χ1v) is 12.3. The zero-order chi connectivity index (χ0) is 28.4. The maximum absolute atomic E-state index is 12.9. The van der Waals surface area contributed by atoms with Gasteiger partial charge < -0.3 is 31.5 Å². The van der Waals surface area contributed by atoms with Gasteiger partial charge in [0.1, 0.15) is 23.6 Å². The molecule has 6 N–H and O–H groups in total. The molecule has 0 unspecified atom stereocenters. The van der Waals surface area contributed by atoms with Crippen molar-refractivity contribution in [2.45, 2.75) is 20.0 Å². The molecule has 0 saturated carbocycles. The summed E-state index contributed by atoms with van der Waals surface area (Å²) in [4.78, 5) is 20.5. The summed E-state index contributed by atoms with van der Waals surface area (Å²) in [6.07, 6.45) is 2.00. The van der Waals surface area contributed by atoms with Crippen LogP contribution in [0.1, 0.15) is 18.1 Å². The lowest BCUT2D eigenvalue weighted by atomic mass is 10.1. The van der Waals surface area contributed by atoms with Gasteiger partial charge in [-0.05, 0) is 67.5 Å². The molecule has 0 spiro atoms. The van der Waals surface area contributed by atoms with Gasteiger partial charge in [0.25, 0.3) is 0 Å². The van der Waals surface area contributed by atoms with Crippen molar-refractivity contribution in [3.8, 4) is 11.5 Å². The first-order chi connectivity index (χ1) is 18.6. The number of aldehydes is 1. The summed E-state index contributed by atoms with van der Waals surface area (Å²) < 4.78 is 24.2. The topological polar surface area (TPSA) is 134 Å². The zero-order valence-electron chi connectivity index (χ0n) is 22.3. The fourth-order valence-corrected chi connectivity index (χ4v) is 2.98. The summed E-state index contributed by atoms with van der Waals surface area (Å²) in [7, 11) is 1.50. The van der Waals surface area contributed by atoms with E-state index in [0.717, 1.165) is 31.5 Å². The van der Waals surface area contributed by atoms with Crippen molar-refractivity contribution in [1.29, 1.82) is 0 Å². The number of ether oxygens (including phenoxy) is 2. The Balaban J connectivity index is 0.000000821.